The predicted octanol–water partition coefficient (Wildman–Crippen LogP) is 3.83. The predicted molar refractivity (Wildman–Crippen MR) is 126 cm³/mol. The first kappa shape index (κ1) is 23.2. The van der Waals surface area contributed by atoms with Crippen molar-refractivity contribution in [1.29, 1.82) is 0 Å². The van der Waals surface area contributed by atoms with Crippen LogP contribution in [0.2, 0.25) is 0 Å². The number of methoxy groups -OCH3 is 1. The second-order valence-electron chi connectivity index (χ2n) is 8.24. The Morgan fingerprint density at radius 2 is 1.85 bits per heavy atom. The molecule has 4 rings (SSSR count). The van der Waals surface area contributed by atoms with Gasteiger partial charge < -0.3 is 18.9 Å². The van der Waals surface area contributed by atoms with E-state index in [2.05, 4.69) is 40.1 Å². The standard InChI is InChI=1S/C26H31N3O4/c1-29(15-20-5-3-9-27-14-20)16-23-13-22(24-6-4-10-28-26(24)30-2)7-8-25(23)33-19-21-17-31-11-12-32-18-21/h3-10,13-14,21H,11-12,15-19H2,1-2H3. The van der Waals surface area contributed by atoms with Crippen LogP contribution in [0.15, 0.2) is 61.1 Å². The molecule has 1 aliphatic heterocycles. The van der Waals surface area contributed by atoms with E-state index in [9.17, 15) is 0 Å². The monoisotopic (exact) mass is 449 g/mol. The van der Waals surface area contributed by atoms with Gasteiger partial charge in [0.15, 0.2) is 0 Å². The molecule has 1 aliphatic rings. The van der Waals surface area contributed by atoms with E-state index in [4.69, 9.17) is 18.9 Å². The van der Waals surface area contributed by atoms with Crippen molar-refractivity contribution >= 4 is 0 Å². The van der Waals surface area contributed by atoms with E-state index in [1.807, 2.05) is 30.5 Å². The van der Waals surface area contributed by atoms with Crippen molar-refractivity contribution in [2.45, 2.75) is 13.1 Å². The van der Waals surface area contributed by atoms with Crippen LogP contribution in [-0.4, -0.2) is 62.1 Å². The highest BCUT2D eigenvalue weighted by atomic mass is 16.5. The molecule has 7 nitrogen and oxygen atoms in total. The summed E-state index contributed by atoms with van der Waals surface area (Å²) in [6, 6.07) is 14.2. The molecule has 0 atom stereocenters. The number of aromatic nitrogens is 2. The summed E-state index contributed by atoms with van der Waals surface area (Å²) < 4.78 is 23.0. The molecule has 0 radical (unpaired) electrons. The lowest BCUT2D eigenvalue weighted by Gasteiger charge is -2.21. The van der Waals surface area contributed by atoms with E-state index in [1.165, 1.54) is 5.56 Å². The Morgan fingerprint density at radius 1 is 1.03 bits per heavy atom. The van der Waals surface area contributed by atoms with Crippen LogP contribution in [0.3, 0.4) is 0 Å². The summed E-state index contributed by atoms with van der Waals surface area (Å²) >= 11 is 0. The number of nitrogens with zero attached hydrogens (tertiary/aromatic N) is 3. The molecule has 2 aromatic heterocycles. The zero-order chi connectivity index (χ0) is 22.9. The molecule has 1 aromatic carbocycles. The van der Waals surface area contributed by atoms with Crippen LogP contribution < -0.4 is 9.47 Å². The van der Waals surface area contributed by atoms with Crippen LogP contribution in [0.4, 0.5) is 0 Å². The van der Waals surface area contributed by atoms with Gasteiger partial charge in [0.25, 0.3) is 0 Å². The zero-order valence-corrected chi connectivity index (χ0v) is 19.3. The molecule has 1 saturated heterocycles. The molecule has 0 amide bonds. The molecule has 0 unspecified atom stereocenters. The second-order valence-corrected chi connectivity index (χ2v) is 8.24. The summed E-state index contributed by atoms with van der Waals surface area (Å²) in [7, 11) is 3.74. The van der Waals surface area contributed by atoms with E-state index in [0.717, 1.165) is 35.5 Å². The molecule has 1 fully saturated rings. The zero-order valence-electron chi connectivity index (χ0n) is 19.3. The van der Waals surface area contributed by atoms with Gasteiger partial charge in [0.1, 0.15) is 5.75 Å². The van der Waals surface area contributed by atoms with Crippen LogP contribution in [0.1, 0.15) is 11.1 Å². The van der Waals surface area contributed by atoms with Crippen molar-refractivity contribution in [3.05, 3.63) is 72.2 Å². The van der Waals surface area contributed by atoms with Gasteiger partial charge in [0, 0.05) is 48.7 Å². The van der Waals surface area contributed by atoms with Gasteiger partial charge in [-0.25, -0.2) is 4.98 Å². The van der Waals surface area contributed by atoms with Crippen LogP contribution in [0.25, 0.3) is 11.1 Å². The van der Waals surface area contributed by atoms with Gasteiger partial charge in [-0.3, -0.25) is 9.88 Å². The van der Waals surface area contributed by atoms with Gasteiger partial charge in [-0.05, 0) is 48.5 Å². The van der Waals surface area contributed by atoms with Gasteiger partial charge in [-0.2, -0.15) is 0 Å². The van der Waals surface area contributed by atoms with Crippen LogP contribution in [0, 0.1) is 5.92 Å². The fourth-order valence-corrected chi connectivity index (χ4v) is 3.90. The Balaban J connectivity index is 1.56. The maximum atomic E-state index is 6.28. The fraction of sp³-hybridized carbons (Fsp3) is 0.385. The number of benzene rings is 1. The molecule has 0 spiro atoms. The molecule has 3 heterocycles. The molecule has 0 saturated carbocycles. The van der Waals surface area contributed by atoms with Crippen LogP contribution in [-0.2, 0) is 22.6 Å². The lowest BCUT2D eigenvalue weighted by molar-refractivity contribution is 0.100. The van der Waals surface area contributed by atoms with Gasteiger partial charge in [-0.1, -0.05) is 12.1 Å². The van der Waals surface area contributed by atoms with Crippen molar-refractivity contribution in [3.8, 4) is 22.8 Å². The molecular weight excluding hydrogens is 418 g/mol. The quantitative estimate of drug-likeness (QED) is 0.492. The van der Waals surface area contributed by atoms with E-state index in [1.54, 1.807) is 19.5 Å². The van der Waals surface area contributed by atoms with Crippen LogP contribution in [0.5, 0.6) is 11.6 Å². The third-order valence-corrected chi connectivity index (χ3v) is 5.51. The molecule has 33 heavy (non-hydrogen) atoms. The highest BCUT2D eigenvalue weighted by Crippen LogP contribution is 2.32. The molecule has 0 N–H and O–H groups in total. The maximum absolute atomic E-state index is 6.28. The van der Waals surface area contributed by atoms with E-state index >= 15 is 0 Å². The number of hydrogen-bond donors (Lipinski definition) is 0. The Labute approximate surface area is 195 Å². The van der Waals surface area contributed by atoms with Crippen molar-refractivity contribution in [3.63, 3.8) is 0 Å². The molecule has 0 aliphatic carbocycles. The molecular formula is C26H31N3O4. The lowest BCUT2D eigenvalue weighted by atomic mass is 10.0. The SMILES string of the molecule is COc1ncccc1-c1ccc(OCC2COCCOC2)c(CN(C)Cc2cccnc2)c1. The summed E-state index contributed by atoms with van der Waals surface area (Å²) in [6.07, 6.45) is 5.43. The van der Waals surface area contributed by atoms with Gasteiger partial charge in [0.2, 0.25) is 5.88 Å². The minimum absolute atomic E-state index is 0.214. The van der Waals surface area contributed by atoms with Crippen molar-refractivity contribution < 1.29 is 18.9 Å². The molecule has 174 valence electrons. The number of ether oxygens (including phenoxy) is 4. The minimum atomic E-state index is 0.214. The van der Waals surface area contributed by atoms with Gasteiger partial charge in [-0.15, -0.1) is 0 Å². The highest BCUT2D eigenvalue weighted by molar-refractivity contribution is 5.70. The lowest BCUT2D eigenvalue weighted by Crippen LogP contribution is -2.22. The Morgan fingerprint density at radius 3 is 2.61 bits per heavy atom. The number of pyridine rings is 2. The Hall–Kier alpha value is -3.00. The normalized spacial score (nSPS) is 14.8. The third-order valence-electron chi connectivity index (χ3n) is 5.51. The summed E-state index contributed by atoms with van der Waals surface area (Å²) in [6.45, 7) is 4.65. The first-order valence-corrected chi connectivity index (χ1v) is 11.2. The smallest absolute Gasteiger partial charge is 0.221 e. The van der Waals surface area contributed by atoms with Gasteiger partial charge in [0.05, 0.1) is 40.1 Å². The molecule has 0 bridgehead atoms. The number of rotatable bonds is 9. The second kappa shape index (κ2) is 11.7. The van der Waals surface area contributed by atoms with Crippen molar-refractivity contribution in [1.82, 2.24) is 14.9 Å². The van der Waals surface area contributed by atoms with E-state index in [0.29, 0.717) is 38.9 Å². The van der Waals surface area contributed by atoms with Crippen molar-refractivity contribution in [2.24, 2.45) is 5.92 Å². The van der Waals surface area contributed by atoms with E-state index < -0.39 is 0 Å². The molecule has 7 heteroatoms. The average Bonchev–Trinajstić information content (AvgIpc) is 3.13. The fourth-order valence-electron chi connectivity index (χ4n) is 3.90. The van der Waals surface area contributed by atoms with E-state index in [-0.39, 0.29) is 5.92 Å². The van der Waals surface area contributed by atoms with Gasteiger partial charge >= 0.3 is 0 Å². The largest absolute Gasteiger partial charge is 0.493 e. The summed E-state index contributed by atoms with van der Waals surface area (Å²) in [5.41, 5.74) is 4.26. The maximum Gasteiger partial charge on any atom is 0.221 e. The average molecular weight is 450 g/mol. The Bertz CT molecular complexity index is 1010. The first-order chi connectivity index (χ1) is 16.2. The highest BCUT2D eigenvalue weighted by Gasteiger charge is 2.17. The Kier molecular flexibility index (Phi) is 8.24. The third kappa shape index (κ3) is 6.51. The molecule has 3 aromatic rings. The number of hydrogen-bond acceptors (Lipinski definition) is 7. The van der Waals surface area contributed by atoms with Crippen molar-refractivity contribution in [2.75, 3.05) is 47.2 Å². The summed E-state index contributed by atoms with van der Waals surface area (Å²) in [5.74, 6) is 1.68. The topological polar surface area (TPSA) is 65.9 Å². The first-order valence-electron chi connectivity index (χ1n) is 11.2. The van der Waals surface area contributed by atoms with Crippen LogP contribution >= 0.6 is 0 Å². The minimum Gasteiger partial charge on any atom is -0.493 e. The summed E-state index contributed by atoms with van der Waals surface area (Å²) in [4.78, 5) is 10.8. The summed E-state index contributed by atoms with van der Waals surface area (Å²) in [5, 5.41) is 0.